The maximum Gasteiger partial charge on any atom is 0.324 e. The third kappa shape index (κ3) is 2.87. The van der Waals surface area contributed by atoms with Gasteiger partial charge >= 0.3 is 6.03 Å². The van der Waals surface area contributed by atoms with E-state index in [0.717, 1.165) is 4.90 Å². The molecule has 1 aromatic rings. The molecule has 1 aliphatic heterocycles. The predicted octanol–water partition coefficient (Wildman–Crippen LogP) is 0.138. The Hall–Kier alpha value is -2.57. The molecule has 0 spiro atoms. The Labute approximate surface area is 116 Å². The highest BCUT2D eigenvalue weighted by atomic mass is 16.2. The number of amides is 4. The number of nitrogens with one attached hydrogen (secondary N) is 2. The van der Waals surface area contributed by atoms with E-state index in [4.69, 9.17) is 5.73 Å². The molecule has 1 saturated heterocycles. The smallest absolute Gasteiger partial charge is 0.324 e. The lowest BCUT2D eigenvalue weighted by Gasteiger charge is -2.19. The second kappa shape index (κ2) is 5.60. The number of rotatable bonds is 4. The SMILES string of the molecule is C[C@H](Nc1cccc(C(N)=O)c1)C(=O)N1CCNC1=O. The van der Waals surface area contributed by atoms with Crippen molar-refractivity contribution in [1.29, 1.82) is 0 Å². The van der Waals surface area contributed by atoms with Crippen LogP contribution in [0.2, 0.25) is 0 Å². The van der Waals surface area contributed by atoms with E-state index in [1.165, 1.54) is 0 Å². The van der Waals surface area contributed by atoms with Gasteiger partial charge in [0.25, 0.3) is 5.91 Å². The maximum atomic E-state index is 12.1. The van der Waals surface area contributed by atoms with Crippen LogP contribution in [0, 0.1) is 0 Å². The summed E-state index contributed by atoms with van der Waals surface area (Å²) < 4.78 is 0. The molecule has 1 atom stereocenters. The Bertz CT molecular complexity index is 558. The number of carbonyl (C=O) groups is 3. The van der Waals surface area contributed by atoms with Crippen molar-refractivity contribution in [2.45, 2.75) is 13.0 Å². The molecule has 4 amide bonds. The van der Waals surface area contributed by atoms with Crippen molar-refractivity contribution in [2.24, 2.45) is 5.73 Å². The van der Waals surface area contributed by atoms with Crippen molar-refractivity contribution >= 4 is 23.5 Å². The lowest BCUT2D eigenvalue weighted by atomic mass is 10.1. The zero-order valence-electron chi connectivity index (χ0n) is 11.1. The number of imide groups is 1. The fourth-order valence-corrected chi connectivity index (χ4v) is 1.99. The number of nitrogens with two attached hydrogens (primary N) is 1. The third-order valence-corrected chi connectivity index (χ3v) is 3.02. The average Bonchev–Trinajstić information content (AvgIpc) is 2.84. The van der Waals surface area contributed by atoms with Crippen LogP contribution < -0.4 is 16.4 Å². The minimum Gasteiger partial charge on any atom is -0.374 e. The number of carbonyl (C=O) groups excluding carboxylic acids is 3. The normalized spacial score (nSPS) is 15.7. The molecule has 1 heterocycles. The van der Waals surface area contributed by atoms with E-state index >= 15 is 0 Å². The van der Waals surface area contributed by atoms with Gasteiger partial charge in [-0.3, -0.25) is 14.5 Å². The van der Waals surface area contributed by atoms with Crippen molar-refractivity contribution in [3.63, 3.8) is 0 Å². The van der Waals surface area contributed by atoms with Crippen LogP contribution in [0.15, 0.2) is 24.3 Å². The molecule has 0 aliphatic carbocycles. The van der Waals surface area contributed by atoms with Gasteiger partial charge in [0.05, 0.1) is 0 Å². The first-order valence-corrected chi connectivity index (χ1v) is 6.24. The summed E-state index contributed by atoms with van der Waals surface area (Å²) in [7, 11) is 0. The zero-order valence-corrected chi connectivity index (χ0v) is 11.1. The van der Waals surface area contributed by atoms with Gasteiger partial charge in [-0.05, 0) is 25.1 Å². The van der Waals surface area contributed by atoms with E-state index < -0.39 is 11.9 Å². The summed E-state index contributed by atoms with van der Waals surface area (Å²) in [6.45, 7) is 2.49. The number of benzene rings is 1. The molecule has 0 unspecified atom stereocenters. The Morgan fingerprint density at radius 1 is 1.45 bits per heavy atom. The highest BCUT2D eigenvalue weighted by molar-refractivity contribution is 5.99. The van der Waals surface area contributed by atoms with E-state index in [9.17, 15) is 14.4 Å². The first-order chi connectivity index (χ1) is 9.49. The molecule has 1 aliphatic rings. The fraction of sp³-hybridized carbons (Fsp3) is 0.308. The lowest BCUT2D eigenvalue weighted by Crippen LogP contribution is -2.43. The van der Waals surface area contributed by atoms with E-state index in [1.54, 1.807) is 31.2 Å². The number of hydrogen-bond donors (Lipinski definition) is 3. The van der Waals surface area contributed by atoms with Crippen LogP contribution in [0.25, 0.3) is 0 Å². The van der Waals surface area contributed by atoms with Crippen LogP contribution in [0.3, 0.4) is 0 Å². The monoisotopic (exact) mass is 276 g/mol. The summed E-state index contributed by atoms with van der Waals surface area (Å²) >= 11 is 0. The molecule has 0 saturated carbocycles. The van der Waals surface area contributed by atoms with E-state index in [1.807, 2.05) is 0 Å². The lowest BCUT2D eigenvalue weighted by molar-refractivity contribution is -0.128. The summed E-state index contributed by atoms with van der Waals surface area (Å²) in [5, 5.41) is 5.53. The van der Waals surface area contributed by atoms with Crippen LogP contribution in [0.4, 0.5) is 10.5 Å². The topological polar surface area (TPSA) is 105 Å². The molecule has 7 nitrogen and oxygen atoms in total. The number of nitrogens with zero attached hydrogens (tertiary/aromatic N) is 1. The highest BCUT2D eigenvalue weighted by Gasteiger charge is 2.29. The standard InChI is InChI=1S/C13H16N4O3/c1-8(12(19)17-6-5-15-13(17)20)16-10-4-2-3-9(7-10)11(14)18/h2-4,7-8,16H,5-6H2,1H3,(H2,14,18)(H,15,20)/t8-/m0/s1. The molecule has 7 heteroatoms. The van der Waals surface area contributed by atoms with Crippen molar-refractivity contribution in [3.8, 4) is 0 Å². The van der Waals surface area contributed by atoms with Crippen molar-refractivity contribution < 1.29 is 14.4 Å². The molecule has 1 aromatic carbocycles. The zero-order chi connectivity index (χ0) is 14.7. The summed E-state index contributed by atoms with van der Waals surface area (Å²) in [6.07, 6.45) is 0. The minimum atomic E-state index is -0.582. The van der Waals surface area contributed by atoms with E-state index in [2.05, 4.69) is 10.6 Å². The Morgan fingerprint density at radius 2 is 2.20 bits per heavy atom. The number of primary amides is 1. The quantitative estimate of drug-likeness (QED) is 0.727. The van der Waals surface area contributed by atoms with Crippen molar-refractivity contribution in [1.82, 2.24) is 10.2 Å². The molecule has 0 bridgehead atoms. The van der Waals surface area contributed by atoms with Gasteiger partial charge in [0.15, 0.2) is 0 Å². The third-order valence-electron chi connectivity index (χ3n) is 3.02. The molecular weight excluding hydrogens is 260 g/mol. The molecule has 2 rings (SSSR count). The molecule has 4 N–H and O–H groups in total. The highest BCUT2D eigenvalue weighted by Crippen LogP contribution is 2.13. The molecule has 20 heavy (non-hydrogen) atoms. The van der Waals surface area contributed by atoms with Gasteiger partial charge in [-0.25, -0.2) is 4.79 Å². The first kappa shape index (κ1) is 13.9. The second-order valence-electron chi connectivity index (χ2n) is 4.53. The van der Waals surface area contributed by atoms with Crippen LogP contribution in [-0.4, -0.2) is 41.9 Å². The Kier molecular flexibility index (Phi) is 3.88. The van der Waals surface area contributed by atoms with Gasteiger partial charge in [0.2, 0.25) is 5.91 Å². The van der Waals surface area contributed by atoms with Gasteiger partial charge in [-0.1, -0.05) is 6.07 Å². The van der Waals surface area contributed by atoms with Crippen LogP contribution in [-0.2, 0) is 4.79 Å². The van der Waals surface area contributed by atoms with Crippen LogP contribution in [0.1, 0.15) is 17.3 Å². The Morgan fingerprint density at radius 3 is 2.80 bits per heavy atom. The van der Waals surface area contributed by atoms with Crippen LogP contribution >= 0.6 is 0 Å². The summed E-state index contributed by atoms with van der Waals surface area (Å²) in [5.41, 5.74) is 6.15. The summed E-state index contributed by atoms with van der Waals surface area (Å²) in [4.78, 5) is 35.8. The fourth-order valence-electron chi connectivity index (χ4n) is 1.99. The van der Waals surface area contributed by atoms with Crippen molar-refractivity contribution in [3.05, 3.63) is 29.8 Å². The molecule has 0 radical (unpaired) electrons. The first-order valence-electron chi connectivity index (χ1n) is 6.24. The van der Waals surface area contributed by atoms with Gasteiger partial charge in [-0.2, -0.15) is 0 Å². The van der Waals surface area contributed by atoms with E-state index in [0.29, 0.717) is 24.3 Å². The molecular formula is C13H16N4O3. The molecule has 106 valence electrons. The number of anilines is 1. The largest absolute Gasteiger partial charge is 0.374 e. The average molecular weight is 276 g/mol. The summed E-state index contributed by atoms with van der Waals surface area (Å²) in [6, 6.07) is 5.59. The summed E-state index contributed by atoms with van der Waals surface area (Å²) in [5.74, 6) is -0.851. The minimum absolute atomic E-state index is 0.315. The second-order valence-corrected chi connectivity index (χ2v) is 4.53. The van der Waals surface area contributed by atoms with Gasteiger partial charge in [-0.15, -0.1) is 0 Å². The molecule has 0 aromatic heterocycles. The van der Waals surface area contributed by atoms with Crippen molar-refractivity contribution in [2.75, 3.05) is 18.4 Å². The maximum absolute atomic E-state index is 12.1. The number of hydrogen-bond acceptors (Lipinski definition) is 4. The van der Waals surface area contributed by atoms with Gasteiger partial charge in [0.1, 0.15) is 6.04 Å². The number of urea groups is 1. The van der Waals surface area contributed by atoms with Gasteiger partial charge in [0, 0.05) is 24.3 Å². The molecule has 1 fully saturated rings. The van der Waals surface area contributed by atoms with Crippen LogP contribution in [0.5, 0.6) is 0 Å². The van der Waals surface area contributed by atoms with E-state index in [-0.39, 0.29) is 11.9 Å². The van der Waals surface area contributed by atoms with Gasteiger partial charge < -0.3 is 16.4 Å². The predicted molar refractivity (Wildman–Crippen MR) is 73.2 cm³/mol. The Balaban J connectivity index is 2.05.